The summed E-state index contributed by atoms with van der Waals surface area (Å²) in [4.78, 5) is 2.61. The lowest BCUT2D eigenvalue weighted by atomic mass is 9.92. The third kappa shape index (κ3) is 3.81. The van der Waals surface area contributed by atoms with Crippen LogP contribution in [0.5, 0.6) is 0 Å². The Kier molecular flexibility index (Phi) is 6.34. The van der Waals surface area contributed by atoms with Gasteiger partial charge < -0.3 is 24.8 Å². The Balaban J connectivity index is 2.41. The lowest BCUT2D eigenvalue weighted by Crippen LogP contribution is -2.55. The molecule has 1 heterocycles. The monoisotopic (exact) mass is 261 g/mol. The van der Waals surface area contributed by atoms with E-state index in [1.54, 1.807) is 6.92 Å². The fourth-order valence-electron chi connectivity index (χ4n) is 1.79. The minimum atomic E-state index is -1.12. The summed E-state index contributed by atoms with van der Waals surface area (Å²) >= 11 is 0. The van der Waals surface area contributed by atoms with Crippen LogP contribution in [0.3, 0.4) is 0 Å². The summed E-state index contributed by atoms with van der Waals surface area (Å²) in [5, 5.41) is 31.8. The third-order valence-electron chi connectivity index (χ3n) is 2.94. The molecule has 0 bridgehead atoms. The second-order valence-corrected chi connectivity index (χ2v) is 4.24. The summed E-state index contributed by atoms with van der Waals surface area (Å²) < 4.78 is 10.8. The molecule has 1 rings (SSSR count). The molecule has 1 aliphatic heterocycles. The van der Waals surface area contributed by atoms with Gasteiger partial charge in [0.2, 0.25) is 0 Å². The van der Waals surface area contributed by atoms with E-state index in [9.17, 15) is 10.2 Å². The van der Waals surface area contributed by atoms with Gasteiger partial charge >= 0.3 is 0 Å². The normalized spacial score (nSPS) is 36.1. The Labute approximate surface area is 105 Å². The molecule has 2 unspecified atom stereocenters. The van der Waals surface area contributed by atoms with Crippen molar-refractivity contribution in [3.63, 3.8) is 0 Å². The van der Waals surface area contributed by atoms with E-state index in [-0.39, 0.29) is 6.61 Å². The SMILES string of the molecule is CC1[C@@H](OCCCN=[N+]=[N-])OC(CO)[C@@H](O)[C@@H]1O. The molecule has 5 atom stereocenters. The van der Waals surface area contributed by atoms with Crippen molar-refractivity contribution in [1.29, 1.82) is 0 Å². The number of hydrogen-bond acceptors (Lipinski definition) is 6. The number of rotatable bonds is 6. The van der Waals surface area contributed by atoms with Gasteiger partial charge in [-0.05, 0) is 12.0 Å². The van der Waals surface area contributed by atoms with Crippen molar-refractivity contribution in [2.75, 3.05) is 19.8 Å². The first-order valence-electron chi connectivity index (χ1n) is 5.86. The summed E-state index contributed by atoms with van der Waals surface area (Å²) in [6.07, 6.45) is -3.12. The van der Waals surface area contributed by atoms with Crippen LogP contribution in [0.25, 0.3) is 10.4 Å². The molecule has 1 aliphatic rings. The van der Waals surface area contributed by atoms with E-state index in [1.807, 2.05) is 0 Å². The van der Waals surface area contributed by atoms with E-state index in [2.05, 4.69) is 10.0 Å². The van der Waals surface area contributed by atoms with Crippen LogP contribution in [-0.2, 0) is 9.47 Å². The molecule has 0 radical (unpaired) electrons. The molecule has 8 nitrogen and oxygen atoms in total. The quantitative estimate of drug-likeness (QED) is 0.263. The van der Waals surface area contributed by atoms with Crippen molar-refractivity contribution in [3.8, 4) is 0 Å². The molecule has 104 valence electrons. The highest BCUT2D eigenvalue weighted by Crippen LogP contribution is 2.26. The fraction of sp³-hybridized carbons (Fsp3) is 1.00. The Morgan fingerprint density at radius 3 is 2.72 bits per heavy atom. The van der Waals surface area contributed by atoms with Crippen molar-refractivity contribution >= 4 is 0 Å². The second kappa shape index (κ2) is 7.52. The number of nitrogens with zero attached hydrogens (tertiary/aromatic N) is 3. The van der Waals surface area contributed by atoms with E-state index in [0.717, 1.165) is 0 Å². The summed E-state index contributed by atoms with van der Waals surface area (Å²) in [5.74, 6) is -0.401. The largest absolute Gasteiger partial charge is 0.394 e. The van der Waals surface area contributed by atoms with Gasteiger partial charge in [0.1, 0.15) is 12.2 Å². The molecule has 1 fully saturated rings. The molecule has 8 heteroatoms. The van der Waals surface area contributed by atoms with Crippen LogP contribution in [-0.4, -0.2) is 59.7 Å². The van der Waals surface area contributed by atoms with E-state index in [1.165, 1.54) is 0 Å². The van der Waals surface area contributed by atoms with Gasteiger partial charge in [-0.3, -0.25) is 0 Å². The van der Waals surface area contributed by atoms with Gasteiger partial charge in [-0.25, -0.2) is 0 Å². The maximum atomic E-state index is 9.77. The average molecular weight is 261 g/mol. The predicted octanol–water partition coefficient (Wildman–Crippen LogP) is -0.222. The maximum Gasteiger partial charge on any atom is 0.163 e. The van der Waals surface area contributed by atoms with E-state index in [0.29, 0.717) is 19.6 Å². The van der Waals surface area contributed by atoms with Crippen molar-refractivity contribution < 1.29 is 24.8 Å². The fourth-order valence-corrected chi connectivity index (χ4v) is 1.79. The zero-order valence-electron chi connectivity index (χ0n) is 10.2. The van der Waals surface area contributed by atoms with Crippen LogP contribution in [0.15, 0.2) is 5.11 Å². The molecule has 0 aromatic heterocycles. The molecule has 3 N–H and O–H groups in total. The molecule has 0 aliphatic carbocycles. The minimum Gasteiger partial charge on any atom is -0.394 e. The Hall–Kier alpha value is -0.890. The van der Waals surface area contributed by atoms with Crippen LogP contribution in [0.4, 0.5) is 0 Å². The van der Waals surface area contributed by atoms with Crippen molar-refractivity contribution in [3.05, 3.63) is 10.4 Å². The minimum absolute atomic E-state index is 0.314. The van der Waals surface area contributed by atoms with Crippen molar-refractivity contribution in [2.24, 2.45) is 11.0 Å². The number of ether oxygens (including phenoxy) is 2. The van der Waals surface area contributed by atoms with Gasteiger partial charge in [-0.15, -0.1) is 0 Å². The van der Waals surface area contributed by atoms with E-state index < -0.39 is 30.5 Å². The smallest absolute Gasteiger partial charge is 0.163 e. The molecule has 0 amide bonds. The molecule has 0 aromatic carbocycles. The molecule has 18 heavy (non-hydrogen) atoms. The first-order chi connectivity index (χ1) is 8.61. The predicted molar refractivity (Wildman–Crippen MR) is 61.5 cm³/mol. The Morgan fingerprint density at radius 2 is 2.11 bits per heavy atom. The molecular weight excluding hydrogens is 242 g/mol. The summed E-state index contributed by atoms with van der Waals surface area (Å²) in [7, 11) is 0. The Bertz CT molecular complexity index is 295. The van der Waals surface area contributed by atoms with Crippen LogP contribution < -0.4 is 0 Å². The van der Waals surface area contributed by atoms with Crippen LogP contribution in [0.2, 0.25) is 0 Å². The highest BCUT2D eigenvalue weighted by Gasteiger charge is 2.42. The second-order valence-electron chi connectivity index (χ2n) is 4.24. The highest BCUT2D eigenvalue weighted by molar-refractivity contribution is 4.86. The number of azide groups is 1. The highest BCUT2D eigenvalue weighted by atomic mass is 16.7. The molecular formula is C10H19N3O5. The van der Waals surface area contributed by atoms with Gasteiger partial charge in [-0.1, -0.05) is 12.0 Å². The number of hydrogen-bond donors (Lipinski definition) is 3. The van der Waals surface area contributed by atoms with Gasteiger partial charge in [0.25, 0.3) is 0 Å². The van der Waals surface area contributed by atoms with Gasteiger partial charge in [0.05, 0.1) is 12.7 Å². The first-order valence-corrected chi connectivity index (χ1v) is 5.86. The zero-order valence-corrected chi connectivity index (χ0v) is 10.2. The molecule has 0 saturated carbocycles. The van der Waals surface area contributed by atoms with Gasteiger partial charge in [-0.2, -0.15) is 0 Å². The lowest BCUT2D eigenvalue weighted by Gasteiger charge is -2.40. The van der Waals surface area contributed by atoms with Crippen LogP contribution in [0.1, 0.15) is 13.3 Å². The molecule has 1 saturated heterocycles. The van der Waals surface area contributed by atoms with Crippen molar-refractivity contribution in [1.82, 2.24) is 0 Å². The summed E-state index contributed by atoms with van der Waals surface area (Å²) in [6.45, 7) is 1.95. The zero-order chi connectivity index (χ0) is 13.5. The van der Waals surface area contributed by atoms with Crippen LogP contribution in [0, 0.1) is 5.92 Å². The number of aliphatic hydroxyl groups is 3. The van der Waals surface area contributed by atoms with E-state index in [4.69, 9.17) is 20.1 Å². The molecule has 0 spiro atoms. The van der Waals surface area contributed by atoms with Crippen LogP contribution >= 0.6 is 0 Å². The maximum absolute atomic E-state index is 9.77. The average Bonchev–Trinajstić information content (AvgIpc) is 2.38. The summed E-state index contributed by atoms with van der Waals surface area (Å²) in [6, 6.07) is 0. The first kappa shape index (κ1) is 15.2. The van der Waals surface area contributed by atoms with Crippen molar-refractivity contribution in [2.45, 2.75) is 37.9 Å². The summed E-state index contributed by atoms with van der Waals surface area (Å²) in [5.41, 5.74) is 8.09. The topological polar surface area (TPSA) is 128 Å². The molecule has 0 aromatic rings. The Morgan fingerprint density at radius 1 is 1.39 bits per heavy atom. The third-order valence-corrected chi connectivity index (χ3v) is 2.94. The number of aliphatic hydroxyl groups excluding tert-OH is 3. The standard InChI is InChI=1S/C10H19N3O5/c1-6-8(15)9(16)7(5-14)18-10(6)17-4-2-3-12-13-11/h6-10,14-16H,2-5H2,1H3/t6?,7?,8-,9-,10+/m1/s1. The van der Waals surface area contributed by atoms with Gasteiger partial charge in [0, 0.05) is 24.0 Å². The van der Waals surface area contributed by atoms with E-state index >= 15 is 0 Å². The van der Waals surface area contributed by atoms with Gasteiger partial charge in [0.15, 0.2) is 6.29 Å². The lowest BCUT2D eigenvalue weighted by molar-refractivity contribution is -0.282.